The Kier molecular flexibility index (Phi) is 5.34. The first-order valence-electron chi connectivity index (χ1n) is 2.90. The fraction of sp³-hybridized carbons (Fsp3) is 0.667. The summed E-state index contributed by atoms with van der Waals surface area (Å²) in [7, 11) is 0. The molecule has 0 amide bonds. The lowest BCUT2D eigenvalue weighted by Crippen LogP contribution is -1.87. The monoisotopic (exact) mass is 143 g/mol. The van der Waals surface area contributed by atoms with Crippen LogP contribution in [0.5, 0.6) is 0 Å². The third-order valence-electron chi connectivity index (χ3n) is 0.894. The Balaban J connectivity index is 3.19. The summed E-state index contributed by atoms with van der Waals surface area (Å²) in [6.07, 6.45) is 2.44. The van der Waals surface area contributed by atoms with Crippen molar-refractivity contribution < 1.29 is 4.79 Å². The van der Waals surface area contributed by atoms with Crippen molar-refractivity contribution in [1.82, 2.24) is 0 Å². The number of carbonyl (C=O) groups is 1. The molecule has 0 N–H and O–H groups in total. The molecule has 3 heteroatoms. The Morgan fingerprint density at radius 3 is 2.89 bits per heavy atom. The molecule has 0 heterocycles. The molecule has 0 aliphatic rings. The molecule has 50 valence electrons. The van der Waals surface area contributed by atoms with Gasteiger partial charge < -0.3 is 0 Å². The molecule has 0 bridgehead atoms. The maximum absolute atomic E-state index is 10.5. The van der Waals surface area contributed by atoms with Crippen molar-refractivity contribution in [2.45, 2.75) is 26.2 Å². The molecule has 2 nitrogen and oxygen atoms in total. The van der Waals surface area contributed by atoms with Crippen LogP contribution in [0.2, 0.25) is 0 Å². The van der Waals surface area contributed by atoms with Gasteiger partial charge in [0.25, 0.3) is 0 Å². The summed E-state index contributed by atoms with van der Waals surface area (Å²) in [5.74, 6) is 0. The van der Waals surface area contributed by atoms with Crippen LogP contribution in [0.3, 0.4) is 0 Å². The number of rotatable bonds is 3. The van der Waals surface area contributed by atoms with Gasteiger partial charge in [-0.3, -0.25) is 4.79 Å². The molecule has 0 saturated carbocycles. The molecule has 0 spiro atoms. The lowest BCUT2D eigenvalue weighted by atomic mass is 10.3. The van der Waals surface area contributed by atoms with Gasteiger partial charge in [-0.05, 0) is 6.42 Å². The minimum Gasteiger partial charge on any atom is -0.286 e. The fourth-order valence-corrected chi connectivity index (χ4v) is 0.771. The van der Waals surface area contributed by atoms with E-state index in [1.54, 1.807) is 5.40 Å². The number of nitrogens with zero attached hydrogens (tertiary/aromatic N) is 1. The van der Waals surface area contributed by atoms with Crippen LogP contribution in [0.25, 0.3) is 0 Å². The average molecular weight is 143 g/mol. The standard InChI is InChI=1S/C6H9NOS/c1-2-3-4-6(8)9-5-7/h2-4H2,1H3. The van der Waals surface area contributed by atoms with Crippen LogP contribution in [0.15, 0.2) is 0 Å². The normalized spacial score (nSPS) is 8.44. The van der Waals surface area contributed by atoms with Crippen LogP contribution < -0.4 is 0 Å². The maximum Gasteiger partial charge on any atom is 0.203 e. The Labute approximate surface area is 59.2 Å². The second-order valence-corrected chi connectivity index (χ2v) is 2.51. The lowest BCUT2D eigenvalue weighted by Gasteiger charge is -1.88. The SMILES string of the molecule is CCCCC(=O)SC#N. The molecule has 0 aromatic rings. The maximum atomic E-state index is 10.5. The molecule has 0 aliphatic carbocycles. The van der Waals surface area contributed by atoms with Crippen LogP contribution in [-0.2, 0) is 4.79 Å². The van der Waals surface area contributed by atoms with E-state index in [-0.39, 0.29) is 5.12 Å². The van der Waals surface area contributed by atoms with E-state index >= 15 is 0 Å². The first kappa shape index (κ1) is 8.51. The van der Waals surface area contributed by atoms with Crippen LogP contribution >= 0.6 is 11.8 Å². The number of unbranched alkanes of at least 4 members (excludes halogenated alkanes) is 1. The van der Waals surface area contributed by atoms with E-state index in [0.29, 0.717) is 6.42 Å². The van der Waals surface area contributed by atoms with E-state index in [4.69, 9.17) is 5.26 Å². The molecule has 9 heavy (non-hydrogen) atoms. The van der Waals surface area contributed by atoms with Gasteiger partial charge in [-0.2, -0.15) is 5.26 Å². The summed E-state index contributed by atoms with van der Waals surface area (Å²) < 4.78 is 0. The Bertz CT molecular complexity index is 128. The highest BCUT2D eigenvalue weighted by atomic mass is 32.2. The zero-order valence-electron chi connectivity index (χ0n) is 5.39. The smallest absolute Gasteiger partial charge is 0.203 e. The zero-order chi connectivity index (χ0) is 7.11. The van der Waals surface area contributed by atoms with Crippen LogP contribution in [0.1, 0.15) is 26.2 Å². The molecular weight excluding hydrogens is 134 g/mol. The third-order valence-corrected chi connectivity index (χ3v) is 1.42. The van der Waals surface area contributed by atoms with Gasteiger partial charge >= 0.3 is 0 Å². The van der Waals surface area contributed by atoms with Gasteiger partial charge in [-0.1, -0.05) is 13.3 Å². The predicted molar refractivity (Wildman–Crippen MR) is 37.7 cm³/mol. The Morgan fingerprint density at radius 1 is 1.78 bits per heavy atom. The van der Waals surface area contributed by atoms with Gasteiger partial charge in [0.05, 0.1) is 0 Å². The summed E-state index contributed by atoms with van der Waals surface area (Å²) in [6.45, 7) is 2.02. The minimum absolute atomic E-state index is 0.0145. The van der Waals surface area contributed by atoms with Gasteiger partial charge in [0, 0.05) is 18.2 Å². The van der Waals surface area contributed by atoms with Gasteiger partial charge in [0.1, 0.15) is 5.40 Å². The van der Waals surface area contributed by atoms with Gasteiger partial charge in [0.2, 0.25) is 5.12 Å². The molecule has 0 fully saturated rings. The summed E-state index contributed by atoms with van der Waals surface area (Å²) in [5.41, 5.74) is 0. The number of hydrogen-bond donors (Lipinski definition) is 0. The summed E-state index contributed by atoms with van der Waals surface area (Å²) in [5, 5.41) is 9.76. The molecular formula is C6H9NOS. The molecule has 0 aromatic heterocycles. The van der Waals surface area contributed by atoms with Crippen molar-refractivity contribution >= 4 is 16.9 Å². The van der Waals surface area contributed by atoms with Gasteiger partial charge in [-0.15, -0.1) is 0 Å². The number of carbonyl (C=O) groups excluding carboxylic acids is 1. The van der Waals surface area contributed by atoms with Crippen LogP contribution in [-0.4, -0.2) is 5.12 Å². The first-order chi connectivity index (χ1) is 4.31. The highest BCUT2D eigenvalue weighted by Gasteiger charge is 1.98. The Hall–Kier alpha value is -0.490. The number of thioether (sulfide) groups is 1. The zero-order valence-corrected chi connectivity index (χ0v) is 6.20. The number of hydrogen-bond acceptors (Lipinski definition) is 3. The highest BCUT2D eigenvalue weighted by Crippen LogP contribution is 2.05. The topological polar surface area (TPSA) is 40.9 Å². The molecule has 0 radical (unpaired) electrons. The van der Waals surface area contributed by atoms with E-state index in [0.717, 1.165) is 24.6 Å². The van der Waals surface area contributed by atoms with Crippen molar-refractivity contribution in [1.29, 1.82) is 5.26 Å². The molecule has 0 unspecified atom stereocenters. The van der Waals surface area contributed by atoms with Crippen molar-refractivity contribution in [2.24, 2.45) is 0 Å². The van der Waals surface area contributed by atoms with E-state index in [9.17, 15) is 4.79 Å². The second-order valence-electron chi connectivity index (χ2n) is 1.67. The van der Waals surface area contributed by atoms with Crippen molar-refractivity contribution in [2.75, 3.05) is 0 Å². The van der Waals surface area contributed by atoms with E-state index in [1.165, 1.54) is 0 Å². The van der Waals surface area contributed by atoms with E-state index in [1.807, 2.05) is 6.92 Å². The largest absolute Gasteiger partial charge is 0.286 e. The van der Waals surface area contributed by atoms with Crippen LogP contribution in [0, 0.1) is 10.7 Å². The molecule has 0 aliphatic heterocycles. The number of thiocyanates is 1. The highest BCUT2D eigenvalue weighted by molar-refractivity contribution is 8.17. The molecule has 0 atom stereocenters. The van der Waals surface area contributed by atoms with Gasteiger partial charge in [-0.25, -0.2) is 0 Å². The van der Waals surface area contributed by atoms with Gasteiger partial charge in [0.15, 0.2) is 0 Å². The van der Waals surface area contributed by atoms with Crippen LogP contribution in [0.4, 0.5) is 0 Å². The lowest BCUT2D eigenvalue weighted by molar-refractivity contribution is -0.111. The minimum atomic E-state index is -0.0145. The first-order valence-corrected chi connectivity index (χ1v) is 3.71. The van der Waals surface area contributed by atoms with Crippen molar-refractivity contribution in [3.63, 3.8) is 0 Å². The quantitative estimate of drug-likeness (QED) is 0.567. The van der Waals surface area contributed by atoms with Crippen molar-refractivity contribution in [3.8, 4) is 5.40 Å². The number of nitriles is 1. The average Bonchev–Trinajstić information content (AvgIpc) is 1.85. The fourth-order valence-electron chi connectivity index (χ4n) is 0.423. The summed E-state index contributed by atoms with van der Waals surface area (Å²) >= 11 is 0.738. The summed E-state index contributed by atoms with van der Waals surface area (Å²) in [4.78, 5) is 10.5. The molecule has 0 aromatic carbocycles. The second kappa shape index (κ2) is 5.64. The molecule has 0 saturated heterocycles. The summed E-state index contributed by atoms with van der Waals surface area (Å²) in [6, 6.07) is 0. The third kappa shape index (κ3) is 5.38. The van der Waals surface area contributed by atoms with E-state index < -0.39 is 0 Å². The predicted octanol–water partition coefficient (Wildman–Crippen LogP) is 1.92. The Morgan fingerprint density at radius 2 is 2.44 bits per heavy atom. The molecule has 0 rings (SSSR count). The van der Waals surface area contributed by atoms with Crippen molar-refractivity contribution in [3.05, 3.63) is 0 Å². The van der Waals surface area contributed by atoms with E-state index in [2.05, 4.69) is 0 Å².